The van der Waals surface area contributed by atoms with Crippen molar-refractivity contribution >= 4 is 19.8 Å². The maximum absolute atomic E-state index is 12.3. The van der Waals surface area contributed by atoms with Crippen molar-refractivity contribution in [2.45, 2.75) is 174 Å². The third-order valence-corrected chi connectivity index (χ3v) is 8.90. The number of allylic oxidation sites excluding steroid dienone is 14. The third-order valence-electron chi connectivity index (χ3n) is 8.41. The average molecular weight is 775 g/mol. The van der Waals surface area contributed by atoms with Crippen molar-refractivity contribution in [1.82, 2.24) is 0 Å². The second kappa shape index (κ2) is 39.9. The lowest BCUT2D eigenvalue weighted by Gasteiger charge is -2.18. The van der Waals surface area contributed by atoms with Crippen LogP contribution in [0.25, 0.3) is 0 Å². The standard InChI is InChI=1S/C45H75O8P/c1-3-5-7-9-11-13-15-17-18-19-20-21-22-23-24-25-26-28-29-31-33-35-37-39-44(46)51-41-43(42-52-54(48,49)50)53-45(47)40-38-36-34-32-30-27-16-14-12-10-8-6-4-2/h5,7,11,13,17-18,20-21,23-24,27,30,34,36,43H,3-4,6,8-10,12,14-16,19,22,25-26,28-29,31-33,35,37-42H2,1-2H3,(H2,48,49,50)/b7-5+,13-11+,18-17+,21-20+,24-23+,30-27+,36-34+. The molecule has 1 unspecified atom stereocenters. The van der Waals surface area contributed by atoms with Gasteiger partial charge >= 0.3 is 19.8 Å². The Morgan fingerprint density at radius 1 is 0.500 bits per heavy atom. The quantitative estimate of drug-likeness (QED) is 0.0277. The fourth-order valence-electron chi connectivity index (χ4n) is 5.33. The molecule has 0 heterocycles. The lowest BCUT2D eigenvalue weighted by molar-refractivity contribution is -0.161. The molecule has 9 heteroatoms. The minimum atomic E-state index is -4.77. The minimum Gasteiger partial charge on any atom is -0.462 e. The molecule has 0 aromatic heterocycles. The Labute approximate surface area is 329 Å². The van der Waals surface area contributed by atoms with Crippen LogP contribution in [0, 0.1) is 0 Å². The maximum Gasteiger partial charge on any atom is 0.469 e. The molecule has 0 rings (SSSR count). The molecule has 0 aromatic rings. The van der Waals surface area contributed by atoms with Gasteiger partial charge in [0.05, 0.1) is 6.61 Å². The van der Waals surface area contributed by atoms with Crippen molar-refractivity contribution in [3.8, 4) is 0 Å². The minimum absolute atomic E-state index is 0.0989. The average Bonchev–Trinajstić information content (AvgIpc) is 3.14. The van der Waals surface area contributed by atoms with E-state index in [1.54, 1.807) is 0 Å². The Balaban J connectivity index is 3.99. The van der Waals surface area contributed by atoms with E-state index < -0.39 is 32.5 Å². The van der Waals surface area contributed by atoms with Crippen LogP contribution in [0.15, 0.2) is 85.1 Å². The smallest absolute Gasteiger partial charge is 0.462 e. The van der Waals surface area contributed by atoms with Crippen molar-refractivity contribution in [3.05, 3.63) is 85.1 Å². The zero-order valence-corrected chi connectivity index (χ0v) is 34.7. The van der Waals surface area contributed by atoms with Gasteiger partial charge < -0.3 is 19.3 Å². The van der Waals surface area contributed by atoms with Gasteiger partial charge in [0.1, 0.15) is 6.61 Å². The number of hydrogen-bond acceptors (Lipinski definition) is 6. The number of carbonyl (C=O) groups is 2. The van der Waals surface area contributed by atoms with Crippen LogP contribution < -0.4 is 0 Å². The summed E-state index contributed by atoms with van der Waals surface area (Å²) in [7, 11) is -4.77. The molecule has 0 fully saturated rings. The summed E-state index contributed by atoms with van der Waals surface area (Å²) >= 11 is 0. The molecule has 0 aliphatic rings. The molecule has 0 amide bonds. The summed E-state index contributed by atoms with van der Waals surface area (Å²) < 4.78 is 26.3. The Morgan fingerprint density at radius 3 is 1.41 bits per heavy atom. The summed E-state index contributed by atoms with van der Waals surface area (Å²) in [6.07, 6.45) is 53.2. The van der Waals surface area contributed by atoms with Crippen molar-refractivity contribution < 1.29 is 37.9 Å². The van der Waals surface area contributed by atoms with Crippen molar-refractivity contribution in [2.75, 3.05) is 13.2 Å². The van der Waals surface area contributed by atoms with E-state index in [2.05, 4.69) is 91.3 Å². The highest BCUT2D eigenvalue weighted by Gasteiger charge is 2.22. The van der Waals surface area contributed by atoms with E-state index in [1.807, 2.05) is 12.2 Å². The zero-order chi connectivity index (χ0) is 39.6. The van der Waals surface area contributed by atoms with Gasteiger partial charge in [-0.2, -0.15) is 0 Å². The number of ether oxygens (including phenoxy) is 2. The number of rotatable bonds is 37. The summed E-state index contributed by atoms with van der Waals surface area (Å²) in [5, 5.41) is 0. The molecular formula is C45H75O8P. The molecule has 0 aliphatic heterocycles. The first kappa shape index (κ1) is 51.2. The Hall–Kier alpha value is -2.77. The van der Waals surface area contributed by atoms with Gasteiger partial charge in [0, 0.05) is 12.8 Å². The number of esters is 2. The van der Waals surface area contributed by atoms with Gasteiger partial charge in [0.2, 0.25) is 0 Å². The van der Waals surface area contributed by atoms with E-state index in [0.29, 0.717) is 12.8 Å². The fourth-order valence-corrected chi connectivity index (χ4v) is 5.69. The molecule has 0 aromatic carbocycles. The number of carbonyl (C=O) groups excluding carboxylic acids is 2. The van der Waals surface area contributed by atoms with Crippen LogP contribution >= 0.6 is 7.82 Å². The molecule has 1 atom stereocenters. The molecule has 0 radical (unpaired) electrons. The number of phosphoric acid groups is 1. The van der Waals surface area contributed by atoms with Crippen LogP contribution in [0.4, 0.5) is 0 Å². The SMILES string of the molecule is CC/C=C/C/C=C/C/C=C/C/C=C/C/C=C/CCCCCCCCCC(=O)OCC(COP(=O)(O)O)OC(=O)CC/C=C/C/C=C/CCCCCCCC. The molecular weight excluding hydrogens is 699 g/mol. The van der Waals surface area contributed by atoms with Gasteiger partial charge in [0.15, 0.2) is 6.10 Å². The highest BCUT2D eigenvalue weighted by molar-refractivity contribution is 7.46. The number of hydrogen-bond donors (Lipinski definition) is 2. The summed E-state index contributed by atoms with van der Waals surface area (Å²) in [5.41, 5.74) is 0. The largest absolute Gasteiger partial charge is 0.469 e. The first-order valence-electron chi connectivity index (χ1n) is 20.9. The zero-order valence-electron chi connectivity index (χ0n) is 33.8. The van der Waals surface area contributed by atoms with Crippen LogP contribution in [0.3, 0.4) is 0 Å². The molecule has 0 spiro atoms. The third kappa shape index (κ3) is 42.0. The maximum atomic E-state index is 12.3. The predicted molar refractivity (Wildman–Crippen MR) is 225 cm³/mol. The Kier molecular flexibility index (Phi) is 37.9. The lowest BCUT2D eigenvalue weighted by atomic mass is 10.1. The molecule has 54 heavy (non-hydrogen) atoms. The van der Waals surface area contributed by atoms with Crippen LogP contribution in [0.5, 0.6) is 0 Å². The lowest BCUT2D eigenvalue weighted by Crippen LogP contribution is -2.29. The molecule has 0 aliphatic carbocycles. The first-order valence-corrected chi connectivity index (χ1v) is 22.4. The van der Waals surface area contributed by atoms with Crippen LogP contribution in [-0.2, 0) is 28.2 Å². The normalized spacial score (nSPS) is 13.3. The summed E-state index contributed by atoms with van der Waals surface area (Å²) in [5.74, 6) is -0.983. The first-order chi connectivity index (χ1) is 26.3. The van der Waals surface area contributed by atoms with Gasteiger partial charge in [-0.25, -0.2) is 4.57 Å². The number of unbranched alkanes of at least 4 members (excludes halogenated alkanes) is 13. The van der Waals surface area contributed by atoms with Gasteiger partial charge in [-0.1, -0.05) is 163 Å². The monoisotopic (exact) mass is 775 g/mol. The van der Waals surface area contributed by atoms with Crippen LogP contribution in [0.2, 0.25) is 0 Å². The molecule has 0 bridgehead atoms. The van der Waals surface area contributed by atoms with E-state index in [-0.39, 0.29) is 19.4 Å². The Bertz CT molecular complexity index is 1140. The molecule has 308 valence electrons. The number of phosphoric ester groups is 1. The van der Waals surface area contributed by atoms with Crippen molar-refractivity contribution in [3.63, 3.8) is 0 Å². The van der Waals surface area contributed by atoms with E-state index in [9.17, 15) is 14.2 Å². The molecule has 0 saturated heterocycles. The van der Waals surface area contributed by atoms with Crippen LogP contribution in [0.1, 0.15) is 168 Å². The van der Waals surface area contributed by atoms with Gasteiger partial charge in [-0.15, -0.1) is 0 Å². The topological polar surface area (TPSA) is 119 Å². The van der Waals surface area contributed by atoms with Gasteiger partial charge in [0.25, 0.3) is 0 Å². The van der Waals surface area contributed by atoms with Gasteiger partial charge in [-0.3, -0.25) is 14.1 Å². The van der Waals surface area contributed by atoms with Crippen LogP contribution in [-0.4, -0.2) is 41.0 Å². The van der Waals surface area contributed by atoms with Crippen molar-refractivity contribution in [1.29, 1.82) is 0 Å². The van der Waals surface area contributed by atoms with Gasteiger partial charge in [-0.05, 0) is 77.0 Å². The van der Waals surface area contributed by atoms with E-state index in [1.165, 1.54) is 57.8 Å². The summed E-state index contributed by atoms with van der Waals surface area (Å²) in [6.45, 7) is 3.49. The fraction of sp³-hybridized carbons (Fsp3) is 0.644. The highest BCUT2D eigenvalue weighted by Crippen LogP contribution is 2.36. The van der Waals surface area contributed by atoms with E-state index in [0.717, 1.165) is 70.6 Å². The highest BCUT2D eigenvalue weighted by atomic mass is 31.2. The van der Waals surface area contributed by atoms with E-state index >= 15 is 0 Å². The summed E-state index contributed by atoms with van der Waals surface area (Å²) in [6, 6.07) is 0. The second-order valence-electron chi connectivity index (χ2n) is 13.6. The molecule has 8 nitrogen and oxygen atoms in total. The Morgan fingerprint density at radius 2 is 0.926 bits per heavy atom. The van der Waals surface area contributed by atoms with E-state index in [4.69, 9.17) is 19.3 Å². The summed E-state index contributed by atoms with van der Waals surface area (Å²) in [4.78, 5) is 42.8. The molecule has 2 N–H and O–H groups in total. The van der Waals surface area contributed by atoms with Crippen molar-refractivity contribution in [2.24, 2.45) is 0 Å². The molecule has 0 saturated carbocycles. The predicted octanol–water partition coefficient (Wildman–Crippen LogP) is 12.8. The second-order valence-corrected chi connectivity index (χ2v) is 14.8.